The van der Waals surface area contributed by atoms with E-state index in [1.807, 2.05) is 7.05 Å². The molecule has 0 bridgehead atoms. The minimum absolute atomic E-state index is 0.108. The third-order valence-corrected chi connectivity index (χ3v) is 6.56. The van der Waals surface area contributed by atoms with Gasteiger partial charge in [0.1, 0.15) is 5.01 Å². The van der Waals surface area contributed by atoms with Crippen LogP contribution in [0.5, 0.6) is 0 Å². The first-order chi connectivity index (χ1) is 13.0. The molecule has 1 saturated carbocycles. The summed E-state index contributed by atoms with van der Waals surface area (Å²) >= 11 is 1.73. The first-order valence-corrected chi connectivity index (χ1v) is 11.4. The van der Waals surface area contributed by atoms with Gasteiger partial charge in [-0.05, 0) is 31.6 Å². The number of ether oxygens (including phenoxy) is 1. The Labute approximate surface area is 168 Å². The Bertz CT molecular complexity index is 608. The Balaban J connectivity index is 1.41. The van der Waals surface area contributed by atoms with Crippen LogP contribution < -0.4 is 5.32 Å². The lowest BCUT2D eigenvalue weighted by Gasteiger charge is -2.34. The summed E-state index contributed by atoms with van der Waals surface area (Å²) in [6, 6.07) is 0. The van der Waals surface area contributed by atoms with Crippen molar-refractivity contribution in [2.45, 2.75) is 77.4 Å². The number of rotatable bonds is 5. The van der Waals surface area contributed by atoms with Crippen LogP contribution in [-0.4, -0.2) is 48.7 Å². The summed E-state index contributed by atoms with van der Waals surface area (Å²) in [4.78, 5) is 11.6. The molecule has 2 aliphatic rings. The SMILES string of the molecule is CN=C(NCc1nc(C(C)(C)C)cs1)N1CCC(OCC2CCCC2)CC1. The van der Waals surface area contributed by atoms with Crippen molar-refractivity contribution in [2.75, 3.05) is 26.7 Å². The zero-order valence-corrected chi connectivity index (χ0v) is 18.3. The first kappa shape index (κ1) is 20.6. The maximum Gasteiger partial charge on any atom is 0.193 e. The van der Waals surface area contributed by atoms with Crippen LogP contribution in [0.15, 0.2) is 10.4 Å². The number of hydrogen-bond donors (Lipinski definition) is 1. The average Bonchev–Trinajstić information content (AvgIpc) is 3.33. The summed E-state index contributed by atoms with van der Waals surface area (Å²) in [6.07, 6.45) is 8.13. The highest BCUT2D eigenvalue weighted by Crippen LogP contribution is 2.26. The number of hydrogen-bond acceptors (Lipinski definition) is 4. The number of aromatic nitrogens is 1. The number of guanidine groups is 1. The number of likely N-dealkylation sites (tertiary alicyclic amines) is 1. The van der Waals surface area contributed by atoms with E-state index >= 15 is 0 Å². The van der Waals surface area contributed by atoms with Gasteiger partial charge in [0, 0.05) is 37.5 Å². The number of piperidine rings is 1. The lowest BCUT2D eigenvalue weighted by molar-refractivity contribution is 0.00101. The van der Waals surface area contributed by atoms with Crippen molar-refractivity contribution in [3.8, 4) is 0 Å². The molecule has 0 radical (unpaired) electrons. The van der Waals surface area contributed by atoms with Gasteiger partial charge >= 0.3 is 0 Å². The standard InChI is InChI=1S/C21H36N4OS/c1-21(2,3)18-15-27-19(24-18)13-23-20(22-4)25-11-9-17(10-12-25)26-14-16-7-5-6-8-16/h15-17H,5-14H2,1-4H3,(H,22,23). The molecule has 2 fully saturated rings. The van der Waals surface area contributed by atoms with Gasteiger partial charge in [0.25, 0.3) is 0 Å². The maximum absolute atomic E-state index is 6.20. The van der Waals surface area contributed by atoms with Crippen LogP contribution in [0, 0.1) is 5.92 Å². The van der Waals surface area contributed by atoms with Crippen molar-refractivity contribution in [3.63, 3.8) is 0 Å². The summed E-state index contributed by atoms with van der Waals surface area (Å²) < 4.78 is 6.20. The highest BCUT2D eigenvalue weighted by Gasteiger charge is 2.24. The minimum Gasteiger partial charge on any atom is -0.378 e. The van der Waals surface area contributed by atoms with Crippen LogP contribution in [0.3, 0.4) is 0 Å². The van der Waals surface area contributed by atoms with Gasteiger partial charge < -0.3 is 15.0 Å². The fourth-order valence-electron chi connectivity index (χ4n) is 3.91. The van der Waals surface area contributed by atoms with Gasteiger partial charge in [-0.25, -0.2) is 4.98 Å². The second kappa shape index (κ2) is 9.37. The zero-order chi connectivity index (χ0) is 19.3. The lowest BCUT2D eigenvalue weighted by atomic mass is 9.93. The highest BCUT2D eigenvalue weighted by atomic mass is 32.1. The molecule has 2 heterocycles. The quantitative estimate of drug-likeness (QED) is 0.603. The first-order valence-electron chi connectivity index (χ1n) is 10.5. The molecule has 1 aliphatic heterocycles. The number of nitrogens with one attached hydrogen (secondary N) is 1. The number of thiazole rings is 1. The fraction of sp³-hybridized carbons (Fsp3) is 0.810. The van der Waals surface area contributed by atoms with E-state index in [9.17, 15) is 0 Å². The molecular formula is C21H36N4OS. The van der Waals surface area contributed by atoms with Crippen molar-refractivity contribution in [1.82, 2.24) is 15.2 Å². The van der Waals surface area contributed by atoms with E-state index in [0.29, 0.717) is 6.10 Å². The summed E-state index contributed by atoms with van der Waals surface area (Å²) in [7, 11) is 1.87. The monoisotopic (exact) mass is 392 g/mol. The zero-order valence-electron chi connectivity index (χ0n) is 17.5. The molecule has 0 aromatic carbocycles. The smallest absolute Gasteiger partial charge is 0.193 e. The van der Waals surface area contributed by atoms with Crippen molar-refractivity contribution in [2.24, 2.45) is 10.9 Å². The summed E-state index contributed by atoms with van der Waals surface area (Å²) in [5, 5.41) is 6.79. The molecule has 1 aliphatic carbocycles. The molecule has 1 aromatic rings. The molecule has 0 unspecified atom stereocenters. The van der Waals surface area contributed by atoms with E-state index in [1.54, 1.807) is 11.3 Å². The fourth-order valence-corrected chi connectivity index (χ4v) is 4.87. The van der Waals surface area contributed by atoms with Crippen LogP contribution in [0.25, 0.3) is 0 Å². The van der Waals surface area contributed by atoms with Crippen LogP contribution in [0.1, 0.15) is 70.0 Å². The van der Waals surface area contributed by atoms with E-state index in [1.165, 1.54) is 31.4 Å². The topological polar surface area (TPSA) is 49.8 Å². The van der Waals surface area contributed by atoms with Crippen molar-refractivity contribution in [1.29, 1.82) is 0 Å². The largest absolute Gasteiger partial charge is 0.378 e. The van der Waals surface area contributed by atoms with E-state index in [-0.39, 0.29) is 5.41 Å². The molecule has 3 rings (SSSR count). The number of aliphatic imine (C=N–C) groups is 1. The van der Waals surface area contributed by atoms with E-state index < -0.39 is 0 Å². The Morgan fingerprint density at radius 3 is 2.56 bits per heavy atom. The second-order valence-corrected chi connectivity index (χ2v) is 9.89. The molecule has 1 N–H and O–H groups in total. The normalized spacial score (nSPS) is 20.4. The Hall–Kier alpha value is -1.14. The van der Waals surface area contributed by atoms with Crippen LogP contribution >= 0.6 is 11.3 Å². The van der Waals surface area contributed by atoms with E-state index in [0.717, 1.165) is 56.0 Å². The molecule has 1 saturated heterocycles. The highest BCUT2D eigenvalue weighted by molar-refractivity contribution is 7.09. The summed E-state index contributed by atoms with van der Waals surface area (Å²) in [6.45, 7) is 10.4. The van der Waals surface area contributed by atoms with Gasteiger partial charge in [0.15, 0.2) is 5.96 Å². The average molecular weight is 393 g/mol. The van der Waals surface area contributed by atoms with Gasteiger partial charge in [-0.2, -0.15) is 0 Å². The molecule has 0 spiro atoms. The van der Waals surface area contributed by atoms with E-state index in [2.05, 4.69) is 41.4 Å². The van der Waals surface area contributed by atoms with E-state index in [4.69, 9.17) is 9.72 Å². The lowest BCUT2D eigenvalue weighted by Crippen LogP contribution is -2.46. The van der Waals surface area contributed by atoms with Gasteiger partial charge in [0.05, 0.1) is 18.3 Å². The van der Waals surface area contributed by atoms with Crippen LogP contribution in [-0.2, 0) is 16.7 Å². The van der Waals surface area contributed by atoms with Gasteiger partial charge in [-0.15, -0.1) is 11.3 Å². The van der Waals surface area contributed by atoms with Crippen molar-refractivity contribution in [3.05, 3.63) is 16.1 Å². The molecule has 0 atom stereocenters. The predicted molar refractivity (Wildman–Crippen MR) is 114 cm³/mol. The third-order valence-electron chi connectivity index (χ3n) is 5.71. The molecule has 27 heavy (non-hydrogen) atoms. The Morgan fingerprint density at radius 2 is 1.96 bits per heavy atom. The molecule has 6 heteroatoms. The Morgan fingerprint density at radius 1 is 1.26 bits per heavy atom. The van der Waals surface area contributed by atoms with Crippen molar-refractivity contribution < 1.29 is 4.74 Å². The van der Waals surface area contributed by atoms with Crippen LogP contribution in [0.2, 0.25) is 0 Å². The third kappa shape index (κ3) is 5.92. The second-order valence-electron chi connectivity index (χ2n) is 8.95. The molecule has 0 amide bonds. The maximum atomic E-state index is 6.20. The number of nitrogens with zero attached hydrogens (tertiary/aromatic N) is 3. The van der Waals surface area contributed by atoms with Crippen molar-refractivity contribution >= 4 is 17.3 Å². The van der Waals surface area contributed by atoms with Crippen LogP contribution in [0.4, 0.5) is 0 Å². The molecule has 5 nitrogen and oxygen atoms in total. The summed E-state index contributed by atoms with van der Waals surface area (Å²) in [5.74, 6) is 1.80. The Kier molecular flexibility index (Phi) is 7.15. The molecule has 1 aromatic heterocycles. The minimum atomic E-state index is 0.108. The molecular weight excluding hydrogens is 356 g/mol. The van der Waals surface area contributed by atoms with Gasteiger partial charge in [-0.1, -0.05) is 33.6 Å². The summed E-state index contributed by atoms with van der Waals surface area (Å²) in [5.41, 5.74) is 1.27. The van der Waals surface area contributed by atoms with Gasteiger partial charge in [-0.3, -0.25) is 4.99 Å². The predicted octanol–water partition coefficient (Wildman–Crippen LogP) is 4.19. The van der Waals surface area contributed by atoms with Gasteiger partial charge in [0.2, 0.25) is 0 Å². The molecule has 152 valence electrons.